The van der Waals surface area contributed by atoms with Crippen LogP contribution in [0.1, 0.15) is 10.5 Å². The summed E-state index contributed by atoms with van der Waals surface area (Å²) in [5.74, 6) is 0.463. The molecule has 0 radical (unpaired) electrons. The maximum atomic E-state index is 12.7. The number of nitrogens with zero attached hydrogens (tertiary/aromatic N) is 6. The van der Waals surface area contributed by atoms with Crippen molar-refractivity contribution in [3.63, 3.8) is 0 Å². The van der Waals surface area contributed by atoms with Crippen LogP contribution >= 0.6 is 0 Å². The number of amides is 1. The van der Waals surface area contributed by atoms with Gasteiger partial charge in [-0.2, -0.15) is 0 Å². The molecule has 10 nitrogen and oxygen atoms in total. The summed E-state index contributed by atoms with van der Waals surface area (Å²) < 4.78 is 1.61. The molecule has 0 bridgehead atoms. The van der Waals surface area contributed by atoms with Crippen LogP contribution in [-0.4, -0.2) is 61.4 Å². The van der Waals surface area contributed by atoms with Crippen molar-refractivity contribution in [1.82, 2.24) is 19.3 Å². The van der Waals surface area contributed by atoms with Crippen LogP contribution in [0.15, 0.2) is 42.9 Å². The summed E-state index contributed by atoms with van der Waals surface area (Å²) in [6.07, 6.45) is 4.55. The largest absolute Gasteiger partial charge is 0.504 e. The zero-order valence-corrected chi connectivity index (χ0v) is 14.2. The number of imidazole rings is 1. The Labute approximate surface area is 153 Å². The SMILES string of the molecule is O=C(c1cn2cccc(O)c2n1)N1CCN(c2ccc([N+](=O)[O-])cn2)CC1. The average Bonchev–Trinajstić information content (AvgIpc) is 3.13. The van der Waals surface area contributed by atoms with Gasteiger partial charge in [-0.1, -0.05) is 0 Å². The fourth-order valence-electron chi connectivity index (χ4n) is 3.08. The molecule has 4 rings (SSSR count). The van der Waals surface area contributed by atoms with Crippen molar-refractivity contribution in [2.75, 3.05) is 31.1 Å². The monoisotopic (exact) mass is 368 g/mol. The predicted molar refractivity (Wildman–Crippen MR) is 95.9 cm³/mol. The number of carbonyl (C=O) groups excluding carboxylic acids is 1. The molecule has 3 aromatic heterocycles. The molecular formula is C17H16N6O4. The van der Waals surface area contributed by atoms with Gasteiger partial charge in [-0.3, -0.25) is 14.9 Å². The number of hydrogen-bond acceptors (Lipinski definition) is 7. The first-order valence-corrected chi connectivity index (χ1v) is 8.34. The van der Waals surface area contributed by atoms with Crippen molar-refractivity contribution in [2.24, 2.45) is 0 Å². The number of rotatable bonds is 3. The number of anilines is 1. The zero-order chi connectivity index (χ0) is 19.0. The molecule has 0 spiro atoms. The molecule has 138 valence electrons. The molecule has 1 amide bonds. The van der Waals surface area contributed by atoms with Gasteiger partial charge in [0.1, 0.15) is 17.7 Å². The summed E-state index contributed by atoms with van der Waals surface area (Å²) in [6.45, 7) is 2.10. The van der Waals surface area contributed by atoms with Gasteiger partial charge in [0.2, 0.25) is 0 Å². The minimum absolute atomic E-state index is 0.0191. The number of carbonyl (C=O) groups is 1. The van der Waals surface area contributed by atoms with Gasteiger partial charge < -0.3 is 19.3 Å². The summed E-state index contributed by atoms with van der Waals surface area (Å²) in [6, 6.07) is 6.23. The molecule has 1 aliphatic heterocycles. The van der Waals surface area contributed by atoms with Gasteiger partial charge in [0.05, 0.1) is 4.92 Å². The summed E-state index contributed by atoms with van der Waals surface area (Å²) >= 11 is 0. The van der Waals surface area contributed by atoms with E-state index in [1.165, 1.54) is 18.3 Å². The lowest BCUT2D eigenvalue weighted by Crippen LogP contribution is -2.49. The molecule has 4 heterocycles. The summed E-state index contributed by atoms with van der Waals surface area (Å²) in [5, 5.41) is 20.5. The molecule has 3 aromatic rings. The molecule has 10 heteroatoms. The normalized spacial score (nSPS) is 14.5. The molecule has 27 heavy (non-hydrogen) atoms. The maximum Gasteiger partial charge on any atom is 0.287 e. The van der Waals surface area contributed by atoms with E-state index in [1.807, 2.05) is 4.90 Å². The van der Waals surface area contributed by atoms with E-state index in [0.29, 0.717) is 37.6 Å². The minimum Gasteiger partial charge on any atom is -0.504 e. The third-order valence-electron chi connectivity index (χ3n) is 4.52. The topological polar surface area (TPSA) is 117 Å². The van der Waals surface area contributed by atoms with Gasteiger partial charge in [-0.15, -0.1) is 0 Å². The third-order valence-corrected chi connectivity index (χ3v) is 4.52. The Morgan fingerprint density at radius 1 is 1.19 bits per heavy atom. The van der Waals surface area contributed by atoms with Gasteiger partial charge >= 0.3 is 0 Å². The van der Waals surface area contributed by atoms with Crippen molar-refractivity contribution in [1.29, 1.82) is 0 Å². The van der Waals surface area contributed by atoms with Crippen LogP contribution in [0.5, 0.6) is 5.75 Å². The number of fused-ring (bicyclic) bond motifs is 1. The highest BCUT2D eigenvalue weighted by Crippen LogP contribution is 2.20. The number of aromatic hydroxyl groups is 1. The molecule has 1 fully saturated rings. The van der Waals surface area contributed by atoms with Crippen LogP contribution in [0.2, 0.25) is 0 Å². The first-order valence-electron chi connectivity index (χ1n) is 8.34. The van der Waals surface area contributed by atoms with Crippen LogP contribution < -0.4 is 4.90 Å². The van der Waals surface area contributed by atoms with Crippen molar-refractivity contribution in [3.8, 4) is 5.75 Å². The average molecular weight is 368 g/mol. The summed E-state index contributed by atoms with van der Waals surface area (Å²) in [5.41, 5.74) is 0.565. The second-order valence-corrected chi connectivity index (χ2v) is 6.16. The lowest BCUT2D eigenvalue weighted by atomic mass is 10.2. The smallest absolute Gasteiger partial charge is 0.287 e. The minimum atomic E-state index is -0.486. The van der Waals surface area contributed by atoms with Crippen LogP contribution in [0, 0.1) is 10.1 Å². The third kappa shape index (κ3) is 3.12. The molecule has 1 saturated heterocycles. The lowest BCUT2D eigenvalue weighted by molar-refractivity contribution is -0.385. The number of hydrogen-bond donors (Lipinski definition) is 1. The summed E-state index contributed by atoms with van der Waals surface area (Å²) in [7, 11) is 0. The van der Waals surface area contributed by atoms with Crippen LogP contribution in [-0.2, 0) is 0 Å². The second-order valence-electron chi connectivity index (χ2n) is 6.16. The number of nitro groups is 1. The first kappa shape index (κ1) is 16.8. The quantitative estimate of drug-likeness (QED) is 0.547. The molecule has 0 saturated carbocycles. The molecule has 1 N–H and O–H groups in total. The van der Waals surface area contributed by atoms with Gasteiger partial charge in [0, 0.05) is 44.6 Å². The van der Waals surface area contributed by atoms with Crippen LogP contribution in [0.3, 0.4) is 0 Å². The standard InChI is InChI=1S/C17H16N6O4/c24-14-2-1-5-22-11-13(19-16(14)22)17(25)21-8-6-20(7-9-21)15-4-3-12(10-18-15)23(26)27/h1-5,10-11,24H,6-9H2. The molecule has 0 unspecified atom stereocenters. The highest BCUT2D eigenvalue weighted by molar-refractivity contribution is 5.93. The van der Waals surface area contributed by atoms with E-state index in [2.05, 4.69) is 9.97 Å². The Morgan fingerprint density at radius 3 is 2.59 bits per heavy atom. The fourth-order valence-corrected chi connectivity index (χ4v) is 3.08. The highest BCUT2D eigenvalue weighted by Gasteiger charge is 2.25. The lowest BCUT2D eigenvalue weighted by Gasteiger charge is -2.35. The Kier molecular flexibility index (Phi) is 4.07. The van der Waals surface area contributed by atoms with E-state index in [1.54, 1.807) is 33.8 Å². The first-order chi connectivity index (χ1) is 13.0. The Balaban J connectivity index is 1.44. The molecule has 0 aliphatic carbocycles. The number of aromatic nitrogens is 3. The van der Waals surface area contributed by atoms with E-state index < -0.39 is 4.92 Å². The van der Waals surface area contributed by atoms with Gasteiger partial charge in [-0.25, -0.2) is 9.97 Å². The van der Waals surface area contributed by atoms with E-state index in [-0.39, 0.29) is 23.0 Å². The van der Waals surface area contributed by atoms with Crippen molar-refractivity contribution < 1.29 is 14.8 Å². The molecule has 1 aliphatic rings. The van der Waals surface area contributed by atoms with Gasteiger partial charge in [-0.05, 0) is 18.2 Å². The molecule has 0 aromatic carbocycles. The highest BCUT2D eigenvalue weighted by atomic mass is 16.6. The van der Waals surface area contributed by atoms with E-state index in [4.69, 9.17) is 0 Å². The molecular weight excluding hydrogens is 352 g/mol. The number of piperazine rings is 1. The van der Waals surface area contributed by atoms with Crippen molar-refractivity contribution in [3.05, 3.63) is 58.7 Å². The Hall–Kier alpha value is -3.69. The predicted octanol–water partition coefficient (Wildman–Crippen LogP) is 1.31. The van der Waals surface area contributed by atoms with Gasteiger partial charge in [0.15, 0.2) is 11.4 Å². The second kappa shape index (κ2) is 6.56. The van der Waals surface area contributed by atoms with Crippen LogP contribution in [0.4, 0.5) is 11.5 Å². The van der Waals surface area contributed by atoms with Gasteiger partial charge in [0.25, 0.3) is 11.6 Å². The number of pyridine rings is 2. The van der Waals surface area contributed by atoms with E-state index in [0.717, 1.165) is 0 Å². The van der Waals surface area contributed by atoms with Crippen LogP contribution in [0.25, 0.3) is 5.65 Å². The Bertz CT molecular complexity index is 1010. The summed E-state index contributed by atoms with van der Waals surface area (Å²) in [4.78, 5) is 34.9. The Morgan fingerprint density at radius 2 is 1.96 bits per heavy atom. The van der Waals surface area contributed by atoms with Crippen molar-refractivity contribution >= 4 is 23.1 Å². The van der Waals surface area contributed by atoms with E-state index >= 15 is 0 Å². The molecule has 0 atom stereocenters. The van der Waals surface area contributed by atoms with Crippen molar-refractivity contribution in [2.45, 2.75) is 0 Å². The van der Waals surface area contributed by atoms with E-state index in [9.17, 15) is 20.0 Å². The fraction of sp³-hybridized carbons (Fsp3) is 0.235. The maximum absolute atomic E-state index is 12.7. The zero-order valence-electron chi connectivity index (χ0n) is 14.2.